The summed E-state index contributed by atoms with van der Waals surface area (Å²) in [6.45, 7) is 6.52. The average Bonchev–Trinajstić information content (AvgIpc) is 3.77. The number of carbonyl (C=O) groups is 2. The van der Waals surface area contributed by atoms with Crippen LogP contribution in [0.15, 0.2) is 66.2 Å². The van der Waals surface area contributed by atoms with Gasteiger partial charge in [0, 0.05) is 31.1 Å². The molecule has 1 amide bonds. The largest absolute Gasteiger partial charge is 0.471 e. The third kappa shape index (κ3) is 8.69. The maximum Gasteiger partial charge on any atom is 0.471 e. The van der Waals surface area contributed by atoms with Gasteiger partial charge in [0.05, 0.1) is 5.41 Å². The van der Waals surface area contributed by atoms with Crippen LogP contribution >= 0.6 is 0 Å². The standard InChI is InChI=1S/C34H43F3N2O3/c1-4-27(19-24-11-7-5-8-12-24)29-20-30(29)39(31(40)34(35,36)37)21-25-15-17-28(18-16-25)38-23-33(2,3)32(41)42-22-26-13-9-6-10-14-26/h5-14,19,25,28-30,38H,4,15-18,20-23H2,1-3H3/t25?,28?,29?,30-/m0/s1. The predicted octanol–water partition coefficient (Wildman–Crippen LogP) is 7.18. The zero-order valence-corrected chi connectivity index (χ0v) is 24.8. The van der Waals surface area contributed by atoms with Gasteiger partial charge in [-0.05, 0) is 69.4 Å². The lowest BCUT2D eigenvalue weighted by atomic mass is 9.84. The summed E-state index contributed by atoms with van der Waals surface area (Å²) < 4.78 is 46.4. The summed E-state index contributed by atoms with van der Waals surface area (Å²) in [4.78, 5) is 26.4. The van der Waals surface area contributed by atoms with Crippen molar-refractivity contribution >= 4 is 18.0 Å². The topological polar surface area (TPSA) is 58.6 Å². The summed E-state index contributed by atoms with van der Waals surface area (Å²) in [7, 11) is 0. The molecule has 2 aliphatic rings. The molecule has 1 unspecified atom stereocenters. The van der Waals surface area contributed by atoms with E-state index in [2.05, 4.69) is 11.4 Å². The SMILES string of the molecule is CCC(=Cc1ccccc1)C1C[C@@H]1N(CC1CCC(NCC(C)(C)C(=O)OCc2ccccc2)CC1)C(=O)C(F)(F)F. The number of halogens is 3. The zero-order valence-electron chi connectivity index (χ0n) is 24.8. The second-order valence-corrected chi connectivity index (χ2v) is 12.4. The average molecular weight is 585 g/mol. The van der Waals surface area contributed by atoms with E-state index in [-0.39, 0.29) is 37.0 Å². The number of amides is 1. The molecule has 0 radical (unpaired) electrons. The highest BCUT2D eigenvalue weighted by atomic mass is 19.4. The Hall–Kier alpha value is -3.13. The number of esters is 1. The van der Waals surface area contributed by atoms with Crippen LogP contribution < -0.4 is 5.32 Å². The number of nitrogens with one attached hydrogen (secondary N) is 1. The van der Waals surface area contributed by atoms with Crippen molar-refractivity contribution in [3.63, 3.8) is 0 Å². The van der Waals surface area contributed by atoms with Gasteiger partial charge >= 0.3 is 18.1 Å². The lowest BCUT2D eigenvalue weighted by Crippen LogP contribution is -2.47. The number of alkyl halides is 3. The third-order valence-electron chi connectivity index (χ3n) is 8.60. The molecule has 2 aliphatic carbocycles. The quantitative estimate of drug-likeness (QED) is 0.269. The smallest absolute Gasteiger partial charge is 0.460 e. The van der Waals surface area contributed by atoms with Gasteiger partial charge in [0.2, 0.25) is 0 Å². The van der Waals surface area contributed by atoms with Crippen LogP contribution in [0.2, 0.25) is 0 Å². The molecule has 228 valence electrons. The number of ether oxygens (including phenoxy) is 1. The molecule has 4 rings (SSSR count). The van der Waals surface area contributed by atoms with E-state index >= 15 is 0 Å². The first kappa shape index (κ1) is 31.8. The Morgan fingerprint density at radius 2 is 1.60 bits per heavy atom. The molecule has 1 N–H and O–H groups in total. The second-order valence-electron chi connectivity index (χ2n) is 12.4. The van der Waals surface area contributed by atoms with Crippen molar-refractivity contribution in [1.29, 1.82) is 0 Å². The van der Waals surface area contributed by atoms with Gasteiger partial charge in [0.1, 0.15) is 6.61 Å². The fraction of sp³-hybridized carbons (Fsp3) is 0.529. The van der Waals surface area contributed by atoms with Crippen LogP contribution in [0.3, 0.4) is 0 Å². The number of nitrogens with zero attached hydrogens (tertiary/aromatic N) is 1. The van der Waals surface area contributed by atoms with Gasteiger partial charge in [0.15, 0.2) is 0 Å². The Morgan fingerprint density at radius 1 is 0.976 bits per heavy atom. The lowest BCUT2D eigenvalue weighted by Gasteiger charge is -2.35. The molecular weight excluding hydrogens is 541 g/mol. The first-order valence-corrected chi connectivity index (χ1v) is 15.1. The molecule has 2 fully saturated rings. The predicted molar refractivity (Wildman–Crippen MR) is 158 cm³/mol. The van der Waals surface area contributed by atoms with Crippen molar-refractivity contribution < 1.29 is 27.5 Å². The summed E-state index contributed by atoms with van der Waals surface area (Å²) in [6, 6.07) is 19.1. The Kier molecular flexibility index (Phi) is 10.5. The van der Waals surface area contributed by atoms with Crippen molar-refractivity contribution in [2.45, 2.75) is 84.2 Å². The Labute approximate surface area is 247 Å². The van der Waals surface area contributed by atoms with Gasteiger partial charge in [0.25, 0.3) is 0 Å². The summed E-state index contributed by atoms with van der Waals surface area (Å²) in [5, 5.41) is 3.48. The fourth-order valence-electron chi connectivity index (χ4n) is 5.91. The number of benzene rings is 2. The molecule has 2 saturated carbocycles. The Morgan fingerprint density at radius 3 is 2.19 bits per heavy atom. The molecule has 0 heterocycles. The van der Waals surface area contributed by atoms with Crippen LogP contribution in [0.5, 0.6) is 0 Å². The highest BCUT2D eigenvalue weighted by molar-refractivity contribution is 5.82. The van der Waals surface area contributed by atoms with E-state index in [1.165, 1.54) is 0 Å². The van der Waals surface area contributed by atoms with Crippen LogP contribution in [0, 0.1) is 17.3 Å². The molecular formula is C34H43F3N2O3. The molecule has 0 bridgehead atoms. The summed E-state index contributed by atoms with van der Waals surface area (Å²) in [5.74, 6) is -2.02. The monoisotopic (exact) mass is 584 g/mol. The van der Waals surface area contributed by atoms with Crippen LogP contribution in [0.1, 0.15) is 70.4 Å². The zero-order chi connectivity index (χ0) is 30.3. The van der Waals surface area contributed by atoms with Crippen LogP contribution in [0.25, 0.3) is 6.08 Å². The number of hydrogen-bond acceptors (Lipinski definition) is 4. The lowest BCUT2D eigenvalue weighted by molar-refractivity contribution is -0.187. The fourth-order valence-corrected chi connectivity index (χ4v) is 5.91. The molecule has 2 aromatic carbocycles. The van der Waals surface area contributed by atoms with Crippen molar-refractivity contribution in [2.75, 3.05) is 13.1 Å². The van der Waals surface area contributed by atoms with Crippen molar-refractivity contribution in [2.24, 2.45) is 17.3 Å². The van der Waals surface area contributed by atoms with E-state index in [1.54, 1.807) is 0 Å². The maximum atomic E-state index is 13.6. The third-order valence-corrected chi connectivity index (χ3v) is 8.60. The van der Waals surface area contributed by atoms with Gasteiger partial charge < -0.3 is 15.0 Å². The summed E-state index contributed by atoms with van der Waals surface area (Å²) in [5.41, 5.74) is 2.32. The van der Waals surface area contributed by atoms with E-state index in [0.717, 1.165) is 53.7 Å². The molecule has 5 nitrogen and oxygen atoms in total. The van der Waals surface area contributed by atoms with Gasteiger partial charge in [-0.15, -0.1) is 0 Å². The highest BCUT2D eigenvalue weighted by Gasteiger charge is 2.52. The van der Waals surface area contributed by atoms with Crippen LogP contribution in [-0.4, -0.2) is 48.1 Å². The molecule has 0 spiro atoms. The first-order chi connectivity index (χ1) is 20.0. The molecule has 2 atom stereocenters. The van der Waals surface area contributed by atoms with Gasteiger partial charge in [-0.3, -0.25) is 9.59 Å². The van der Waals surface area contributed by atoms with E-state index in [9.17, 15) is 22.8 Å². The van der Waals surface area contributed by atoms with E-state index in [1.807, 2.05) is 81.4 Å². The van der Waals surface area contributed by atoms with E-state index in [4.69, 9.17) is 4.74 Å². The molecule has 42 heavy (non-hydrogen) atoms. The number of rotatable bonds is 12. The summed E-state index contributed by atoms with van der Waals surface area (Å²) >= 11 is 0. The van der Waals surface area contributed by atoms with Crippen molar-refractivity contribution in [3.8, 4) is 0 Å². The number of carbonyl (C=O) groups excluding carboxylic acids is 2. The van der Waals surface area contributed by atoms with Crippen LogP contribution in [-0.2, 0) is 20.9 Å². The van der Waals surface area contributed by atoms with E-state index in [0.29, 0.717) is 13.0 Å². The van der Waals surface area contributed by atoms with Gasteiger partial charge in [-0.25, -0.2) is 0 Å². The second kappa shape index (κ2) is 13.9. The maximum absolute atomic E-state index is 13.6. The van der Waals surface area contributed by atoms with Gasteiger partial charge in [-0.2, -0.15) is 13.2 Å². The number of hydrogen-bond donors (Lipinski definition) is 1. The molecule has 0 aliphatic heterocycles. The minimum Gasteiger partial charge on any atom is -0.460 e. The normalized spacial score (nSPS) is 22.9. The molecule has 0 saturated heterocycles. The Bertz CT molecular complexity index is 1210. The van der Waals surface area contributed by atoms with Crippen molar-refractivity contribution in [1.82, 2.24) is 10.2 Å². The molecule has 0 aromatic heterocycles. The summed E-state index contributed by atoms with van der Waals surface area (Å²) in [6.07, 6.45) is 1.51. The first-order valence-electron chi connectivity index (χ1n) is 15.1. The van der Waals surface area contributed by atoms with Crippen LogP contribution in [0.4, 0.5) is 13.2 Å². The highest BCUT2D eigenvalue weighted by Crippen LogP contribution is 2.45. The molecule has 2 aromatic rings. The minimum absolute atomic E-state index is 0.0163. The molecule has 8 heteroatoms. The minimum atomic E-state index is -4.89. The van der Waals surface area contributed by atoms with Gasteiger partial charge in [-0.1, -0.05) is 79.2 Å². The van der Waals surface area contributed by atoms with Crippen molar-refractivity contribution in [3.05, 3.63) is 77.4 Å². The van der Waals surface area contributed by atoms with E-state index < -0.39 is 23.5 Å². The Balaban J connectivity index is 1.28.